The summed E-state index contributed by atoms with van der Waals surface area (Å²) in [7, 11) is 0. The molecule has 0 unspecified atom stereocenters. The molecular weight excluding hydrogens is 244 g/mol. The number of benzene rings is 2. The predicted octanol–water partition coefficient (Wildman–Crippen LogP) is 3.58. The molecule has 0 spiro atoms. The molecule has 0 atom stereocenters. The van der Waals surface area contributed by atoms with Crippen LogP contribution in [-0.4, -0.2) is 13.1 Å². The molecule has 2 aromatic carbocycles. The minimum Gasteiger partial charge on any atom is -0.366 e. The number of hydrogen-bond donors (Lipinski definition) is 1. The van der Waals surface area contributed by atoms with E-state index in [1.165, 1.54) is 27.9 Å². The summed E-state index contributed by atoms with van der Waals surface area (Å²) < 4.78 is 0. The van der Waals surface area contributed by atoms with Crippen molar-refractivity contribution in [1.29, 1.82) is 0 Å². The van der Waals surface area contributed by atoms with Crippen LogP contribution in [0.5, 0.6) is 0 Å². The zero-order valence-corrected chi connectivity index (χ0v) is 12.7. The highest BCUT2D eigenvalue weighted by atomic mass is 15.1. The summed E-state index contributed by atoms with van der Waals surface area (Å²) in [6.45, 7) is 8.90. The van der Waals surface area contributed by atoms with Crippen LogP contribution < -0.4 is 10.6 Å². The summed E-state index contributed by atoms with van der Waals surface area (Å²) in [5.74, 6) is 0. The number of hydrogen-bond acceptors (Lipinski definition) is 2. The van der Waals surface area contributed by atoms with Crippen molar-refractivity contribution in [1.82, 2.24) is 0 Å². The first-order chi connectivity index (χ1) is 9.61. The van der Waals surface area contributed by atoms with Crippen molar-refractivity contribution < 1.29 is 0 Å². The highest BCUT2D eigenvalue weighted by Gasteiger charge is 2.10. The zero-order valence-electron chi connectivity index (χ0n) is 12.7. The van der Waals surface area contributed by atoms with Crippen LogP contribution in [0.2, 0.25) is 0 Å². The van der Waals surface area contributed by atoms with Crippen LogP contribution in [0.25, 0.3) is 0 Å². The number of anilines is 1. The van der Waals surface area contributed by atoms with E-state index in [0.717, 1.165) is 13.1 Å². The third-order valence-corrected chi connectivity index (χ3v) is 3.81. The summed E-state index contributed by atoms with van der Waals surface area (Å²) in [4.78, 5) is 2.37. The largest absolute Gasteiger partial charge is 0.366 e. The van der Waals surface area contributed by atoms with Gasteiger partial charge in [0.2, 0.25) is 0 Å². The monoisotopic (exact) mass is 268 g/mol. The molecule has 106 valence electrons. The number of nitrogens with two attached hydrogens (primary N) is 1. The first-order valence-corrected chi connectivity index (χ1v) is 7.18. The molecule has 0 fully saturated rings. The Bertz CT molecular complexity index is 558. The molecule has 20 heavy (non-hydrogen) atoms. The van der Waals surface area contributed by atoms with Crippen LogP contribution >= 0.6 is 0 Å². The van der Waals surface area contributed by atoms with Gasteiger partial charge in [-0.3, -0.25) is 0 Å². The molecule has 2 heteroatoms. The van der Waals surface area contributed by atoms with E-state index in [0.29, 0.717) is 6.54 Å². The van der Waals surface area contributed by atoms with E-state index in [2.05, 4.69) is 68.1 Å². The summed E-state index contributed by atoms with van der Waals surface area (Å²) >= 11 is 0. The topological polar surface area (TPSA) is 29.3 Å². The maximum Gasteiger partial charge on any atom is 0.0430 e. The van der Waals surface area contributed by atoms with Gasteiger partial charge in [0.1, 0.15) is 0 Å². The third kappa shape index (κ3) is 3.40. The molecule has 0 radical (unpaired) electrons. The van der Waals surface area contributed by atoms with Gasteiger partial charge >= 0.3 is 0 Å². The number of rotatable bonds is 5. The molecule has 0 heterocycles. The first-order valence-electron chi connectivity index (χ1n) is 7.18. The van der Waals surface area contributed by atoms with Crippen LogP contribution in [0.4, 0.5) is 5.69 Å². The van der Waals surface area contributed by atoms with E-state index in [4.69, 9.17) is 5.73 Å². The van der Waals surface area contributed by atoms with Crippen molar-refractivity contribution in [3.05, 3.63) is 64.7 Å². The molecule has 0 amide bonds. The minimum atomic E-state index is 0.666. The highest BCUT2D eigenvalue weighted by molar-refractivity contribution is 5.56. The van der Waals surface area contributed by atoms with Crippen LogP contribution in [0, 0.1) is 20.8 Å². The second-order valence-corrected chi connectivity index (χ2v) is 5.41. The molecule has 0 saturated carbocycles. The Balaban J connectivity index is 2.26. The fraction of sp³-hybridized carbons (Fsp3) is 0.333. The van der Waals surface area contributed by atoms with E-state index in [-0.39, 0.29) is 0 Å². The molecule has 2 nitrogen and oxygen atoms in total. The molecule has 0 aliphatic heterocycles. The first kappa shape index (κ1) is 14.6. The van der Waals surface area contributed by atoms with Gasteiger partial charge in [-0.2, -0.15) is 0 Å². The molecular formula is C18H24N2. The quantitative estimate of drug-likeness (QED) is 0.898. The van der Waals surface area contributed by atoms with Gasteiger partial charge in [0.05, 0.1) is 0 Å². The van der Waals surface area contributed by atoms with Crippen LogP contribution in [-0.2, 0) is 6.54 Å². The van der Waals surface area contributed by atoms with Crippen molar-refractivity contribution in [3.8, 4) is 0 Å². The van der Waals surface area contributed by atoms with Gasteiger partial charge in [-0.1, -0.05) is 42.0 Å². The Kier molecular flexibility index (Phi) is 4.80. The molecule has 2 rings (SSSR count). The Labute approximate surface area is 122 Å². The maximum absolute atomic E-state index is 5.79. The minimum absolute atomic E-state index is 0.666. The summed E-state index contributed by atoms with van der Waals surface area (Å²) in [5, 5.41) is 0. The fourth-order valence-corrected chi connectivity index (χ4v) is 2.43. The summed E-state index contributed by atoms with van der Waals surface area (Å²) in [6.07, 6.45) is 0. The van der Waals surface area contributed by atoms with Gasteiger partial charge in [0, 0.05) is 25.3 Å². The van der Waals surface area contributed by atoms with Gasteiger partial charge in [0.15, 0.2) is 0 Å². The molecule has 0 saturated heterocycles. The second-order valence-electron chi connectivity index (χ2n) is 5.41. The van der Waals surface area contributed by atoms with Crippen molar-refractivity contribution in [3.63, 3.8) is 0 Å². The molecule has 0 aromatic heterocycles. The van der Waals surface area contributed by atoms with E-state index < -0.39 is 0 Å². The van der Waals surface area contributed by atoms with Gasteiger partial charge in [-0.15, -0.1) is 0 Å². The molecule has 0 aliphatic carbocycles. The van der Waals surface area contributed by atoms with Gasteiger partial charge in [0.25, 0.3) is 0 Å². The van der Waals surface area contributed by atoms with Gasteiger partial charge in [-0.05, 0) is 43.5 Å². The Morgan fingerprint density at radius 3 is 2.30 bits per heavy atom. The van der Waals surface area contributed by atoms with E-state index in [1.54, 1.807) is 0 Å². The van der Waals surface area contributed by atoms with Crippen LogP contribution in [0.1, 0.15) is 22.3 Å². The Hall–Kier alpha value is -1.80. The van der Waals surface area contributed by atoms with E-state index >= 15 is 0 Å². The lowest BCUT2D eigenvalue weighted by molar-refractivity contribution is 0.786. The molecule has 2 N–H and O–H groups in total. The SMILES string of the molecule is Cc1ccc(CN(CCN)c2cccc(C)c2C)cc1. The fourth-order valence-electron chi connectivity index (χ4n) is 2.43. The lowest BCUT2D eigenvalue weighted by Gasteiger charge is -2.27. The van der Waals surface area contributed by atoms with Gasteiger partial charge < -0.3 is 10.6 Å². The van der Waals surface area contributed by atoms with Gasteiger partial charge in [-0.25, -0.2) is 0 Å². The van der Waals surface area contributed by atoms with Crippen molar-refractivity contribution >= 4 is 5.69 Å². The average Bonchev–Trinajstić information content (AvgIpc) is 2.44. The van der Waals surface area contributed by atoms with E-state index in [9.17, 15) is 0 Å². The number of nitrogens with zero attached hydrogens (tertiary/aromatic N) is 1. The molecule has 0 aliphatic rings. The number of aryl methyl sites for hydroxylation is 2. The smallest absolute Gasteiger partial charge is 0.0430 e. The third-order valence-electron chi connectivity index (χ3n) is 3.81. The Morgan fingerprint density at radius 2 is 1.65 bits per heavy atom. The van der Waals surface area contributed by atoms with Crippen LogP contribution in [0.15, 0.2) is 42.5 Å². The highest BCUT2D eigenvalue weighted by Crippen LogP contribution is 2.24. The van der Waals surface area contributed by atoms with E-state index in [1.807, 2.05) is 0 Å². The maximum atomic E-state index is 5.79. The average molecular weight is 268 g/mol. The normalized spacial score (nSPS) is 10.6. The Morgan fingerprint density at radius 1 is 0.950 bits per heavy atom. The molecule has 0 bridgehead atoms. The molecule has 2 aromatic rings. The second kappa shape index (κ2) is 6.58. The predicted molar refractivity (Wildman–Crippen MR) is 87.2 cm³/mol. The van der Waals surface area contributed by atoms with Crippen molar-refractivity contribution in [2.24, 2.45) is 5.73 Å². The summed E-state index contributed by atoms with van der Waals surface area (Å²) in [6, 6.07) is 15.2. The van der Waals surface area contributed by atoms with Crippen molar-refractivity contribution in [2.45, 2.75) is 27.3 Å². The zero-order chi connectivity index (χ0) is 14.5. The van der Waals surface area contributed by atoms with Crippen molar-refractivity contribution in [2.75, 3.05) is 18.0 Å². The lowest BCUT2D eigenvalue weighted by atomic mass is 10.1. The lowest BCUT2D eigenvalue weighted by Crippen LogP contribution is -2.29. The van der Waals surface area contributed by atoms with Crippen LogP contribution in [0.3, 0.4) is 0 Å². The summed E-state index contributed by atoms with van der Waals surface area (Å²) in [5.41, 5.74) is 12.4. The standard InChI is InChI=1S/C18H24N2/c1-14-7-9-17(10-8-14)13-20(12-11-19)18-6-4-5-15(2)16(18)3/h4-10H,11-13,19H2,1-3H3.